The van der Waals surface area contributed by atoms with Crippen molar-refractivity contribution in [1.29, 1.82) is 0 Å². The molecule has 148 valence electrons. The first kappa shape index (κ1) is 20.3. The summed E-state index contributed by atoms with van der Waals surface area (Å²) >= 11 is 3.14. The molecule has 3 N–H and O–H groups in total. The summed E-state index contributed by atoms with van der Waals surface area (Å²) in [5, 5.41) is 2.58. The van der Waals surface area contributed by atoms with E-state index < -0.39 is 23.5 Å². The molecule has 3 aromatic rings. The van der Waals surface area contributed by atoms with E-state index in [-0.39, 0.29) is 22.6 Å². The molecule has 0 aliphatic rings. The predicted octanol–water partition coefficient (Wildman–Crippen LogP) is 3.81. The van der Waals surface area contributed by atoms with Crippen LogP contribution in [-0.4, -0.2) is 24.8 Å². The maximum atomic E-state index is 13.6. The standard InChI is InChI=1S/C20H15BrFN3O4/c1-25(20(28)16-8-9-17(21)29-16)15-5-3-2-4-12(15)19(27)24-11-6-7-14(22)13(10-11)18(23)26/h2-10H,1H3,(H2,23,26)(H,24,27). The summed E-state index contributed by atoms with van der Waals surface area (Å²) in [6.07, 6.45) is 0. The van der Waals surface area contributed by atoms with Crippen LogP contribution in [0.5, 0.6) is 0 Å². The fraction of sp³-hybridized carbons (Fsp3) is 0.0500. The number of furan rings is 1. The lowest BCUT2D eigenvalue weighted by molar-refractivity contribution is 0.0963. The quantitative estimate of drug-likeness (QED) is 0.604. The zero-order chi connectivity index (χ0) is 21.1. The summed E-state index contributed by atoms with van der Waals surface area (Å²) in [5.74, 6) is -2.64. The van der Waals surface area contributed by atoms with Gasteiger partial charge in [0.1, 0.15) is 5.82 Å². The van der Waals surface area contributed by atoms with Crippen molar-refractivity contribution in [3.8, 4) is 0 Å². The van der Waals surface area contributed by atoms with Gasteiger partial charge in [0.05, 0.1) is 16.8 Å². The number of halogens is 2. The van der Waals surface area contributed by atoms with Crippen molar-refractivity contribution < 1.29 is 23.2 Å². The van der Waals surface area contributed by atoms with E-state index >= 15 is 0 Å². The molecule has 3 amide bonds. The van der Waals surface area contributed by atoms with E-state index in [1.54, 1.807) is 24.3 Å². The van der Waals surface area contributed by atoms with Crippen LogP contribution in [0.4, 0.5) is 15.8 Å². The fourth-order valence-corrected chi connectivity index (χ4v) is 2.96. The van der Waals surface area contributed by atoms with Crippen LogP contribution in [0.1, 0.15) is 31.3 Å². The highest BCUT2D eigenvalue weighted by molar-refractivity contribution is 9.10. The summed E-state index contributed by atoms with van der Waals surface area (Å²) < 4.78 is 19.3. The summed E-state index contributed by atoms with van der Waals surface area (Å²) in [4.78, 5) is 38.0. The second-order valence-electron chi connectivity index (χ2n) is 6.00. The van der Waals surface area contributed by atoms with Crippen molar-refractivity contribution >= 4 is 45.0 Å². The largest absolute Gasteiger partial charge is 0.444 e. The first-order valence-electron chi connectivity index (χ1n) is 8.31. The second kappa shape index (κ2) is 8.27. The van der Waals surface area contributed by atoms with Crippen LogP contribution in [-0.2, 0) is 0 Å². The number of primary amides is 1. The lowest BCUT2D eigenvalue weighted by Gasteiger charge is -2.19. The highest BCUT2D eigenvalue weighted by Crippen LogP contribution is 2.24. The Kier molecular flexibility index (Phi) is 5.79. The lowest BCUT2D eigenvalue weighted by atomic mass is 10.1. The number of nitrogens with two attached hydrogens (primary N) is 1. The Morgan fingerprint density at radius 2 is 1.79 bits per heavy atom. The highest BCUT2D eigenvalue weighted by Gasteiger charge is 2.22. The molecule has 0 fully saturated rings. The third-order valence-electron chi connectivity index (χ3n) is 4.09. The van der Waals surface area contributed by atoms with Crippen LogP contribution in [0.3, 0.4) is 0 Å². The van der Waals surface area contributed by atoms with E-state index in [0.717, 1.165) is 12.1 Å². The van der Waals surface area contributed by atoms with Crippen molar-refractivity contribution in [3.63, 3.8) is 0 Å². The molecule has 9 heteroatoms. The number of para-hydroxylation sites is 1. The number of carbonyl (C=O) groups excluding carboxylic acids is 3. The lowest BCUT2D eigenvalue weighted by Crippen LogP contribution is -2.28. The summed E-state index contributed by atoms with van der Waals surface area (Å²) in [7, 11) is 1.51. The summed E-state index contributed by atoms with van der Waals surface area (Å²) in [6.45, 7) is 0. The third-order valence-corrected chi connectivity index (χ3v) is 4.51. The Bertz CT molecular complexity index is 1110. The van der Waals surface area contributed by atoms with Crippen molar-refractivity contribution in [2.45, 2.75) is 0 Å². The van der Waals surface area contributed by atoms with Gasteiger partial charge in [-0.25, -0.2) is 4.39 Å². The predicted molar refractivity (Wildman–Crippen MR) is 108 cm³/mol. The molecule has 0 unspecified atom stereocenters. The van der Waals surface area contributed by atoms with Gasteiger partial charge in [0.25, 0.3) is 17.7 Å². The first-order valence-corrected chi connectivity index (χ1v) is 9.10. The average molecular weight is 460 g/mol. The zero-order valence-corrected chi connectivity index (χ0v) is 16.7. The number of hydrogen-bond acceptors (Lipinski definition) is 4. The third kappa shape index (κ3) is 4.35. The molecule has 0 aliphatic heterocycles. The maximum Gasteiger partial charge on any atom is 0.293 e. The highest BCUT2D eigenvalue weighted by atomic mass is 79.9. The Morgan fingerprint density at radius 1 is 1.07 bits per heavy atom. The molecule has 1 aromatic heterocycles. The Hall–Kier alpha value is -3.46. The maximum absolute atomic E-state index is 13.6. The average Bonchev–Trinajstić information content (AvgIpc) is 3.14. The van der Waals surface area contributed by atoms with Gasteiger partial charge < -0.3 is 20.4 Å². The first-order chi connectivity index (χ1) is 13.8. The van der Waals surface area contributed by atoms with Gasteiger partial charge in [-0.05, 0) is 58.4 Å². The topological polar surface area (TPSA) is 106 Å². The number of hydrogen-bond donors (Lipinski definition) is 2. The van der Waals surface area contributed by atoms with Crippen LogP contribution < -0.4 is 16.0 Å². The number of anilines is 2. The molecule has 0 saturated heterocycles. The molecule has 0 saturated carbocycles. The van der Waals surface area contributed by atoms with E-state index in [1.807, 2.05) is 0 Å². The molecule has 2 aromatic carbocycles. The number of carbonyl (C=O) groups is 3. The van der Waals surface area contributed by atoms with Gasteiger partial charge in [0.2, 0.25) is 0 Å². The van der Waals surface area contributed by atoms with Gasteiger partial charge in [-0.15, -0.1) is 0 Å². The van der Waals surface area contributed by atoms with Crippen LogP contribution in [0.2, 0.25) is 0 Å². The van der Waals surface area contributed by atoms with Gasteiger partial charge in [-0.2, -0.15) is 0 Å². The van der Waals surface area contributed by atoms with Crippen LogP contribution in [0.25, 0.3) is 0 Å². The number of amides is 3. The number of nitrogens with zero attached hydrogens (tertiary/aromatic N) is 1. The van der Waals surface area contributed by atoms with Gasteiger partial charge >= 0.3 is 0 Å². The van der Waals surface area contributed by atoms with E-state index in [4.69, 9.17) is 10.2 Å². The summed E-state index contributed by atoms with van der Waals surface area (Å²) in [5.41, 5.74) is 5.50. The number of nitrogens with one attached hydrogen (secondary N) is 1. The molecule has 3 rings (SSSR count). The number of rotatable bonds is 5. The zero-order valence-electron chi connectivity index (χ0n) is 15.1. The van der Waals surface area contributed by atoms with Gasteiger partial charge in [-0.1, -0.05) is 12.1 Å². The number of benzene rings is 2. The molecule has 0 spiro atoms. The Labute approximate surface area is 173 Å². The second-order valence-corrected chi connectivity index (χ2v) is 6.78. The molecular formula is C20H15BrFN3O4. The Balaban J connectivity index is 1.88. The minimum Gasteiger partial charge on any atom is -0.444 e. The molecule has 0 radical (unpaired) electrons. The Morgan fingerprint density at radius 3 is 2.45 bits per heavy atom. The van der Waals surface area contributed by atoms with Gasteiger partial charge in [-0.3, -0.25) is 14.4 Å². The molecule has 0 aliphatic carbocycles. The monoisotopic (exact) mass is 459 g/mol. The van der Waals surface area contributed by atoms with E-state index in [2.05, 4.69) is 21.2 Å². The normalized spacial score (nSPS) is 10.4. The van der Waals surface area contributed by atoms with E-state index in [9.17, 15) is 18.8 Å². The van der Waals surface area contributed by atoms with E-state index in [0.29, 0.717) is 10.4 Å². The van der Waals surface area contributed by atoms with Crippen LogP contribution in [0, 0.1) is 5.82 Å². The SMILES string of the molecule is CN(C(=O)c1ccc(Br)o1)c1ccccc1C(=O)Nc1ccc(F)c(C(N)=O)c1. The van der Waals surface area contributed by atoms with Crippen LogP contribution >= 0.6 is 15.9 Å². The van der Waals surface area contributed by atoms with E-state index in [1.165, 1.54) is 30.1 Å². The molecular weight excluding hydrogens is 445 g/mol. The minimum absolute atomic E-state index is 0.0965. The molecule has 1 heterocycles. The fourth-order valence-electron chi connectivity index (χ4n) is 2.65. The van der Waals surface area contributed by atoms with Crippen molar-refractivity contribution in [3.05, 3.63) is 82.0 Å². The van der Waals surface area contributed by atoms with Crippen LogP contribution in [0.15, 0.2) is 63.7 Å². The summed E-state index contributed by atoms with van der Waals surface area (Å²) in [6, 6.07) is 13.0. The van der Waals surface area contributed by atoms with Gasteiger partial charge in [0.15, 0.2) is 10.4 Å². The van der Waals surface area contributed by atoms with Crippen molar-refractivity contribution in [2.24, 2.45) is 5.73 Å². The molecule has 29 heavy (non-hydrogen) atoms. The smallest absolute Gasteiger partial charge is 0.293 e. The van der Waals surface area contributed by atoms with Gasteiger partial charge in [0, 0.05) is 12.7 Å². The molecule has 0 bridgehead atoms. The molecule has 7 nitrogen and oxygen atoms in total. The molecule has 0 atom stereocenters. The minimum atomic E-state index is -0.950. The van der Waals surface area contributed by atoms with Crippen molar-refractivity contribution in [1.82, 2.24) is 0 Å². The van der Waals surface area contributed by atoms with Crippen molar-refractivity contribution in [2.75, 3.05) is 17.3 Å².